The quantitative estimate of drug-likeness (QED) is 0.858. The van der Waals surface area contributed by atoms with Crippen LogP contribution in [-0.4, -0.2) is 35.0 Å². The van der Waals surface area contributed by atoms with Gasteiger partial charge < -0.3 is 10.0 Å². The third-order valence-electron chi connectivity index (χ3n) is 3.07. The van der Waals surface area contributed by atoms with Gasteiger partial charge in [0.2, 0.25) is 5.91 Å². The molecule has 0 aromatic carbocycles. The molecule has 1 atom stereocenters. The van der Waals surface area contributed by atoms with Crippen LogP contribution in [0.1, 0.15) is 17.7 Å². The third kappa shape index (κ3) is 3.91. The molecule has 1 saturated heterocycles. The molecule has 0 unspecified atom stereocenters. The number of piperidine rings is 1. The average molecular weight is 344 g/mol. The van der Waals surface area contributed by atoms with Crippen LogP contribution in [-0.2, 0) is 9.59 Å². The van der Waals surface area contributed by atoms with Crippen LogP contribution >= 0.6 is 27.3 Å². The van der Waals surface area contributed by atoms with E-state index in [0.29, 0.717) is 19.5 Å². The van der Waals surface area contributed by atoms with Crippen LogP contribution in [0.5, 0.6) is 0 Å². The lowest BCUT2D eigenvalue weighted by molar-refractivity contribution is -0.144. The second-order valence-electron chi connectivity index (χ2n) is 4.44. The number of likely N-dealkylation sites (tertiary alicyclic amines) is 1. The second-order valence-corrected chi connectivity index (χ2v) is 6.93. The van der Waals surface area contributed by atoms with Crippen LogP contribution in [0.15, 0.2) is 22.0 Å². The van der Waals surface area contributed by atoms with Gasteiger partial charge in [-0.2, -0.15) is 0 Å². The molecule has 102 valence electrons. The summed E-state index contributed by atoms with van der Waals surface area (Å²) in [6.07, 6.45) is 4.69. The Morgan fingerprint density at radius 1 is 1.47 bits per heavy atom. The number of aliphatic carboxylic acids is 1. The van der Waals surface area contributed by atoms with Crippen molar-refractivity contribution in [1.29, 1.82) is 0 Å². The highest BCUT2D eigenvalue weighted by Gasteiger charge is 2.27. The van der Waals surface area contributed by atoms with Crippen molar-refractivity contribution in [1.82, 2.24) is 4.90 Å². The van der Waals surface area contributed by atoms with Gasteiger partial charge >= 0.3 is 5.97 Å². The van der Waals surface area contributed by atoms with E-state index >= 15 is 0 Å². The van der Waals surface area contributed by atoms with E-state index in [1.807, 2.05) is 12.1 Å². The average Bonchev–Trinajstić information content (AvgIpc) is 2.82. The van der Waals surface area contributed by atoms with E-state index in [1.54, 1.807) is 22.3 Å². The van der Waals surface area contributed by atoms with Crippen molar-refractivity contribution in [3.05, 3.63) is 26.9 Å². The van der Waals surface area contributed by atoms with E-state index in [2.05, 4.69) is 15.9 Å². The number of nitrogens with zero attached hydrogens (tertiary/aromatic N) is 1. The molecule has 0 spiro atoms. The zero-order valence-electron chi connectivity index (χ0n) is 10.2. The molecule has 1 aliphatic heterocycles. The van der Waals surface area contributed by atoms with Crippen molar-refractivity contribution < 1.29 is 14.7 Å². The fourth-order valence-corrected chi connectivity index (χ4v) is 3.38. The first-order chi connectivity index (χ1) is 9.06. The van der Waals surface area contributed by atoms with Crippen molar-refractivity contribution in [2.45, 2.75) is 12.8 Å². The van der Waals surface area contributed by atoms with Crippen molar-refractivity contribution >= 4 is 45.2 Å². The first-order valence-corrected chi connectivity index (χ1v) is 7.62. The molecule has 2 heterocycles. The summed E-state index contributed by atoms with van der Waals surface area (Å²) in [6, 6.07) is 3.85. The van der Waals surface area contributed by atoms with Crippen LogP contribution in [0, 0.1) is 5.92 Å². The molecule has 0 bridgehead atoms. The van der Waals surface area contributed by atoms with Crippen LogP contribution in [0.25, 0.3) is 6.08 Å². The van der Waals surface area contributed by atoms with Crippen LogP contribution < -0.4 is 0 Å². The minimum absolute atomic E-state index is 0.115. The van der Waals surface area contributed by atoms with Gasteiger partial charge in [0.1, 0.15) is 0 Å². The molecule has 1 aromatic rings. The summed E-state index contributed by atoms with van der Waals surface area (Å²) in [6.45, 7) is 0.952. The first-order valence-electron chi connectivity index (χ1n) is 6.01. The van der Waals surface area contributed by atoms with Crippen LogP contribution in [0.2, 0.25) is 0 Å². The monoisotopic (exact) mass is 343 g/mol. The smallest absolute Gasteiger partial charge is 0.308 e. The van der Waals surface area contributed by atoms with E-state index in [9.17, 15) is 9.59 Å². The van der Waals surface area contributed by atoms with Gasteiger partial charge in [0, 0.05) is 24.0 Å². The van der Waals surface area contributed by atoms with Gasteiger partial charge in [0.05, 0.1) is 9.70 Å². The Bertz CT molecular complexity index is 512. The predicted octanol–water partition coefficient (Wildman–Crippen LogP) is 2.85. The maximum absolute atomic E-state index is 12.0. The largest absolute Gasteiger partial charge is 0.481 e. The Balaban J connectivity index is 1.96. The molecule has 4 nitrogen and oxygen atoms in total. The Labute approximate surface area is 123 Å². The molecule has 2 rings (SSSR count). The molecule has 0 saturated carbocycles. The molecule has 1 aliphatic rings. The number of carboxylic acid groups (broad SMARTS) is 1. The lowest BCUT2D eigenvalue weighted by atomic mass is 9.98. The van der Waals surface area contributed by atoms with Crippen molar-refractivity contribution in [3.63, 3.8) is 0 Å². The maximum atomic E-state index is 12.0. The summed E-state index contributed by atoms with van der Waals surface area (Å²) in [4.78, 5) is 25.5. The van der Waals surface area contributed by atoms with Crippen molar-refractivity contribution in [2.75, 3.05) is 13.1 Å². The number of carboxylic acids is 1. The predicted molar refractivity (Wildman–Crippen MR) is 78.0 cm³/mol. The molecule has 0 aliphatic carbocycles. The van der Waals surface area contributed by atoms with E-state index in [-0.39, 0.29) is 5.91 Å². The Morgan fingerprint density at radius 2 is 2.26 bits per heavy atom. The molecule has 1 N–H and O–H groups in total. The topological polar surface area (TPSA) is 57.6 Å². The number of amides is 1. The van der Waals surface area contributed by atoms with E-state index in [4.69, 9.17) is 5.11 Å². The van der Waals surface area contributed by atoms with Gasteiger partial charge in [0.15, 0.2) is 0 Å². The molecule has 1 fully saturated rings. The Kier molecular flexibility index (Phi) is 4.76. The summed E-state index contributed by atoms with van der Waals surface area (Å²) in [7, 11) is 0. The zero-order valence-corrected chi connectivity index (χ0v) is 12.6. The highest BCUT2D eigenvalue weighted by Crippen LogP contribution is 2.23. The molecule has 19 heavy (non-hydrogen) atoms. The fraction of sp³-hybridized carbons (Fsp3) is 0.385. The van der Waals surface area contributed by atoms with Crippen LogP contribution in [0.4, 0.5) is 0 Å². The van der Waals surface area contributed by atoms with Gasteiger partial charge in [0.25, 0.3) is 0 Å². The summed E-state index contributed by atoms with van der Waals surface area (Å²) in [5.74, 6) is -1.36. The number of rotatable bonds is 3. The summed E-state index contributed by atoms with van der Waals surface area (Å²) in [5.41, 5.74) is 0. The molecule has 1 amide bonds. The van der Waals surface area contributed by atoms with Gasteiger partial charge in [-0.25, -0.2) is 0 Å². The number of carbonyl (C=O) groups is 2. The minimum atomic E-state index is -0.816. The van der Waals surface area contributed by atoms with E-state index < -0.39 is 11.9 Å². The van der Waals surface area contributed by atoms with Gasteiger partial charge in [-0.05, 0) is 47.0 Å². The van der Waals surface area contributed by atoms with Crippen molar-refractivity contribution in [2.24, 2.45) is 5.92 Å². The standard InChI is InChI=1S/C13H14BrNO3S/c14-11-5-3-10(19-11)4-6-12(16)15-7-1-2-9(8-15)13(17)18/h3-6,9H,1-2,7-8H2,(H,17,18)/b6-4+/t9-/m1/s1. The summed E-state index contributed by atoms with van der Waals surface area (Å²) >= 11 is 4.91. The number of hydrogen-bond donors (Lipinski definition) is 1. The molecule has 0 radical (unpaired) electrons. The van der Waals surface area contributed by atoms with E-state index in [0.717, 1.165) is 15.1 Å². The number of thiophene rings is 1. The van der Waals surface area contributed by atoms with E-state index in [1.165, 1.54) is 6.08 Å². The second kappa shape index (κ2) is 6.34. The SMILES string of the molecule is O=C(O)[C@@H]1CCCN(C(=O)/C=C/c2ccc(Br)s2)C1. The number of carbonyl (C=O) groups excluding carboxylic acids is 1. The van der Waals surface area contributed by atoms with Gasteiger partial charge in [-0.3, -0.25) is 9.59 Å². The van der Waals surface area contributed by atoms with Gasteiger partial charge in [-0.1, -0.05) is 0 Å². The first kappa shape index (κ1) is 14.3. The lowest BCUT2D eigenvalue weighted by Crippen LogP contribution is -2.41. The minimum Gasteiger partial charge on any atom is -0.481 e. The highest BCUT2D eigenvalue weighted by atomic mass is 79.9. The zero-order chi connectivity index (χ0) is 13.8. The molecular formula is C13H14BrNO3S. The van der Waals surface area contributed by atoms with Crippen molar-refractivity contribution in [3.8, 4) is 0 Å². The molecule has 1 aromatic heterocycles. The summed E-state index contributed by atoms with van der Waals surface area (Å²) < 4.78 is 1.02. The van der Waals surface area contributed by atoms with Crippen LogP contribution in [0.3, 0.4) is 0 Å². The number of hydrogen-bond acceptors (Lipinski definition) is 3. The third-order valence-corrected chi connectivity index (χ3v) is 4.66. The molecule has 6 heteroatoms. The molecular weight excluding hydrogens is 330 g/mol. The Morgan fingerprint density at radius 3 is 2.89 bits per heavy atom. The Hall–Kier alpha value is -1.14. The highest BCUT2D eigenvalue weighted by molar-refractivity contribution is 9.11. The summed E-state index contributed by atoms with van der Waals surface area (Å²) in [5, 5.41) is 8.99. The normalized spacial score (nSPS) is 19.8. The fourth-order valence-electron chi connectivity index (χ4n) is 2.06. The maximum Gasteiger partial charge on any atom is 0.308 e. The number of halogens is 1. The van der Waals surface area contributed by atoms with Gasteiger partial charge in [-0.15, -0.1) is 11.3 Å². The lowest BCUT2D eigenvalue weighted by Gasteiger charge is -2.29.